The van der Waals surface area contributed by atoms with E-state index in [1.54, 1.807) is 31.3 Å². The minimum atomic E-state index is -3.88. The summed E-state index contributed by atoms with van der Waals surface area (Å²) >= 11 is 0. The van der Waals surface area contributed by atoms with Crippen molar-refractivity contribution in [3.63, 3.8) is 0 Å². The third kappa shape index (κ3) is 2.84. The maximum atomic E-state index is 12.6. The Hall–Kier alpha value is -3.47. The number of hydrogen-bond acceptors (Lipinski definition) is 7. The maximum absolute atomic E-state index is 12.6. The van der Waals surface area contributed by atoms with Crippen LogP contribution in [0.1, 0.15) is 0 Å². The Morgan fingerprint density at radius 2 is 2.04 bits per heavy atom. The number of benzene rings is 2. The van der Waals surface area contributed by atoms with Gasteiger partial charge in [-0.05, 0) is 34.7 Å². The van der Waals surface area contributed by atoms with Gasteiger partial charge in [-0.2, -0.15) is 0 Å². The molecule has 0 saturated heterocycles. The van der Waals surface area contributed by atoms with Gasteiger partial charge >= 0.3 is 5.76 Å². The second-order valence-corrected chi connectivity index (χ2v) is 7.17. The summed E-state index contributed by atoms with van der Waals surface area (Å²) < 4.78 is 34.1. The van der Waals surface area contributed by atoms with E-state index in [0.717, 1.165) is 0 Å². The third-order valence-corrected chi connectivity index (χ3v) is 5.07. The number of tetrazole rings is 1. The van der Waals surface area contributed by atoms with Crippen LogP contribution in [-0.2, 0) is 17.1 Å². The Kier molecular flexibility index (Phi) is 3.58. The number of nitrogens with zero attached hydrogens (tertiary/aromatic N) is 4. The minimum absolute atomic E-state index is 0.0292. The number of nitrogens with one attached hydrogen (secondary N) is 2. The average molecular weight is 372 g/mol. The van der Waals surface area contributed by atoms with Gasteiger partial charge in [-0.25, -0.2) is 17.9 Å². The number of fused-ring (bicyclic) bond motifs is 1. The van der Waals surface area contributed by atoms with Crippen LogP contribution in [0.25, 0.3) is 22.5 Å². The quantitative estimate of drug-likeness (QED) is 0.547. The van der Waals surface area contributed by atoms with Gasteiger partial charge in [0, 0.05) is 24.4 Å². The molecule has 0 fully saturated rings. The zero-order valence-corrected chi connectivity index (χ0v) is 14.2. The SMILES string of the molecule is Cn1nnnc1-c1cccc(NS(=O)(=O)c2ccc3[nH]c(=O)oc3c2)c1. The lowest BCUT2D eigenvalue weighted by Crippen LogP contribution is -2.13. The van der Waals surface area contributed by atoms with Gasteiger partial charge in [0.25, 0.3) is 10.0 Å². The lowest BCUT2D eigenvalue weighted by Gasteiger charge is -2.09. The molecule has 2 N–H and O–H groups in total. The van der Waals surface area contributed by atoms with Crippen LogP contribution in [0.15, 0.2) is 56.6 Å². The molecule has 0 aliphatic rings. The summed E-state index contributed by atoms with van der Waals surface area (Å²) in [5, 5.41) is 11.2. The number of rotatable bonds is 4. The van der Waals surface area contributed by atoms with Gasteiger partial charge in [0.2, 0.25) is 0 Å². The number of sulfonamides is 1. The predicted molar refractivity (Wildman–Crippen MR) is 91.9 cm³/mol. The highest BCUT2D eigenvalue weighted by atomic mass is 32.2. The Labute approximate surface area is 146 Å². The molecule has 2 aromatic heterocycles. The van der Waals surface area contributed by atoms with Gasteiger partial charge in [0.1, 0.15) is 0 Å². The summed E-state index contributed by atoms with van der Waals surface area (Å²) in [5.74, 6) is -0.144. The first-order valence-electron chi connectivity index (χ1n) is 7.41. The Morgan fingerprint density at radius 3 is 2.81 bits per heavy atom. The fourth-order valence-electron chi connectivity index (χ4n) is 2.50. The number of aromatic nitrogens is 5. The second kappa shape index (κ2) is 5.81. The predicted octanol–water partition coefficient (Wildman–Crippen LogP) is 1.11. The van der Waals surface area contributed by atoms with Gasteiger partial charge in [-0.3, -0.25) is 9.71 Å². The monoisotopic (exact) mass is 372 g/mol. The molecule has 0 bridgehead atoms. The van der Waals surface area contributed by atoms with Gasteiger partial charge < -0.3 is 4.42 Å². The summed E-state index contributed by atoms with van der Waals surface area (Å²) in [7, 11) is -2.19. The molecule has 4 aromatic rings. The Morgan fingerprint density at radius 1 is 1.19 bits per heavy atom. The summed E-state index contributed by atoms with van der Waals surface area (Å²) in [6.07, 6.45) is 0. The van der Waals surface area contributed by atoms with E-state index in [1.165, 1.54) is 22.9 Å². The van der Waals surface area contributed by atoms with Gasteiger partial charge in [0.15, 0.2) is 11.4 Å². The van der Waals surface area contributed by atoms with Crippen LogP contribution in [0.5, 0.6) is 0 Å². The molecular formula is C15H12N6O4S. The van der Waals surface area contributed by atoms with Crippen LogP contribution in [0.4, 0.5) is 5.69 Å². The smallest absolute Gasteiger partial charge is 0.408 e. The van der Waals surface area contributed by atoms with Crippen molar-refractivity contribution in [2.24, 2.45) is 7.05 Å². The van der Waals surface area contributed by atoms with Crippen LogP contribution < -0.4 is 10.5 Å². The van der Waals surface area contributed by atoms with Crippen molar-refractivity contribution in [3.05, 3.63) is 53.0 Å². The highest BCUT2D eigenvalue weighted by molar-refractivity contribution is 7.92. The topological polar surface area (TPSA) is 136 Å². The molecule has 0 unspecified atom stereocenters. The van der Waals surface area contributed by atoms with Crippen LogP contribution in [0.3, 0.4) is 0 Å². The molecule has 2 heterocycles. The Bertz CT molecular complexity index is 1270. The first-order chi connectivity index (χ1) is 12.4. The number of aromatic amines is 1. The van der Waals surface area contributed by atoms with Crippen molar-refractivity contribution in [2.45, 2.75) is 4.90 Å². The van der Waals surface area contributed by atoms with E-state index in [0.29, 0.717) is 22.6 Å². The van der Waals surface area contributed by atoms with E-state index in [2.05, 4.69) is 25.2 Å². The first kappa shape index (κ1) is 16.0. The normalized spacial score (nSPS) is 11.7. The molecule has 2 aromatic carbocycles. The van der Waals surface area contributed by atoms with E-state index in [-0.39, 0.29) is 10.5 Å². The standard InChI is InChI=1S/C15H12N6O4S/c1-21-14(17-19-20-21)9-3-2-4-10(7-9)18-26(23,24)11-5-6-12-13(8-11)25-15(22)16-12/h2-8,18H,1H3,(H,16,22). The molecule has 0 saturated carbocycles. The Balaban J connectivity index is 1.69. The fraction of sp³-hybridized carbons (Fsp3) is 0.0667. The van der Waals surface area contributed by atoms with Crippen molar-refractivity contribution in [2.75, 3.05) is 4.72 Å². The molecule has 0 amide bonds. The number of aryl methyl sites for hydroxylation is 1. The molecule has 132 valence electrons. The molecule has 26 heavy (non-hydrogen) atoms. The zero-order valence-electron chi connectivity index (χ0n) is 13.4. The fourth-order valence-corrected chi connectivity index (χ4v) is 3.57. The second-order valence-electron chi connectivity index (χ2n) is 5.48. The molecule has 0 atom stereocenters. The van der Waals surface area contributed by atoms with Crippen molar-refractivity contribution in [3.8, 4) is 11.4 Å². The first-order valence-corrected chi connectivity index (χ1v) is 8.89. The summed E-state index contributed by atoms with van der Waals surface area (Å²) in [4.78, 5) is 13.6. The van der Waals surface area contributed by atoms with E-state index in [9.17, 15) is 13.2 Å². The van der Waals surface area contributed by atoms with E-state index >= 15 is 0 Å². The lowest BCUT2D eigenvalue weighted by molar-refractivity contribution is 0.554. The van der Waals surface area contributed by atoms with Crippen LogP contribution in [0, 0.1) is 0 Å². The van der Waals surface area contributed by atoms with Crippen LogP contribution >= 0.6 is 0 Å². The van der Waals surface area contributed by atoms with Gasteiger partial charge in [-0.1, -0.05) is 12.1 Å². The summed E-state index contributed by atoms with van der Waals surface area (Å²) in [5.41, 5.74) is 1.59. The van der Waals surface area contributed by atoms with E-state index < -0.39 is 15.8 Å². The number of oxazole rings is 1. The van der Waals surface area contributed by atoms with Crippen molar-refractivity contribution < 1.29 is 12.8 Å². The maximum Gasteiger partial charge on any atom is 0.417 e. The molecule has 0 aliphatic heterocycles. The summed E-state index contributed by atoms with van der Waals surface area (Å²) in [6.45, 7) is 0. The van der Waals surface area contributed by atoms with Gasteiger partial charge in [0.05, 0.1) is 10.4 Å². The highest BCUT2D eigenvalue weighted by Crippen LogP contribution is 2.23. The minimum Gasteiger partial charge on any atom is -0.408 e. The summed E-state index contributed by atoms with van der Waals surface area (Å²) in [6, 6.07) is 10.8. The van der Waals surface area contributed by atoms with Crippen molar-refractivity contribution in [1.82, 2.24) is 25.2 Å². The van der Waals surface area contributed by atoms with Crippen molar-refractivity contribution in [1.29, 1.82) is 0 Å². The van der Waals surface area contributed by atoms with Gasteiger partial charge in [-0.15, -0.1) is 5.10 Å². The molecule has 0 radical (unpaired) electrons. The molecule has 11 heteroatoms. The van der Waals surface area contributed by atoms with Crippen LogP contribution in [-0.4, -0.2) is 33.6 Å². The lowest BCUT2D eigenvalue weighted by atomic mass is 10.2. The van der Waals surface area contributed by atoms with Crippen LogP contribution in [0.2, 0.25) is 0 Å². The zero-order chi connectivity index (χ0) is 18.3. The molecule has 0 aliphatic carbocycles. The van der Waals surface area contributed by atoms with E-state index in [1.807, 2.05) is 0 Å². The number of anilines is 1. The van der Waals surface area contributed by atoms with Crippen molar-refractivity contribution >= 4 is 26.8 Å². The third-order valence-electron chi connectivity index (χ3n) is 3.70. The molecule has 4 rings (SSSR count). The average Bonchev–Trinajstić information content (AvgIpc) is 3.18. The molecular weight excluding hydrogens is 360 g/mol. The highest BCUT2D eigenvalue weighted by Gasteiger charge is 2.17. The largest absolute Gasteiger partial charge is 0.417 e. The molecule has 10 nitrogen and oxygen atoms in total. The molecule has 0 spiro atoms. The van der Waals surface area contributed by atoms with E-state index in [4.69, 9.17) is 4.42 Å². The number of hydrogen-bond donors (Lipinski definition) is 2. The number of H-pyrrole nitrogens is 1.